The first-order valence-electron chi connectivity index (χ1n) is 16.7. The number of Topliss-reactive ketones (excluding diaryl/α,β-unsaturated/α-hetero) is 3. The first-order valence-corrected chi connectivity index (χ1v) is 18.1. The predicted octanol–water partition coefficient (Wildman–Crippen LogP) is 5.11. The van der Waals surface area contributed by atoms with Crippen LogP contribution in [0.4, 0.5) is 8.78 Å². The van der Waals surface area contributed by atoms with Gasteiger partial charge in [0.1, 0.15) is 23.5 Å². The van der Waals surface area contributed by atoms with Crippen LogP contribution < -0.4 is 0 Å². The van der Waals surface area contributed by atoms with E-state index in [1.54, 1.807) is 0 Å². The lowest BCUT2D eigenvalue weighted by Crippen LogP contribution is -2.60. The van der Waals surface area contributed by atoms with E-state index in [-0.39, 0.29) is 71.1 Å². The van der Waals surface area contributed by atoms with Gasteiger partial charge >= 0.3 is 27.3 Å². The summed E-state index contributed by atoms with van der Waals surface area (Å²) < 4.78 is 67.2. The van der Waals surface area contributed by atoms with Crippen LogP contribution in [-0.4, -0.2) is 60.2 Å². The molecule has 5 aliphatic rings. The number of carbonyl (C=O) groups is 5. The molecule has 13 heteroatoms. The minimum absolute atomic E-state index is 0.0195. The fraction of sp³-hybridized carbons (Fsp3) is 0.848. The van der Waals surface area contributed by atoms with Crippen molar-refractivity contribution >= 4 is 39.4 Å². The molecular weight excluding hydrogens is 626 g/mol. The second kappa shape index (κ2) is 12.6. The van der Waals surface area contributed by atoms with E-state index in [0.29, 0.717) is 51.4 Å². The van der Waals surface area contributed by atoms with Crippen molar-refractivity contribution in [3.63, 3.8) is 0 Å². The fourth-order valence-electron chi connectivity index (χ4n) is 10.1. The summed E-state index contributed by atoms with van der Waals surface area (Å²) in [6.07, 6.45) is 6.08. The molecule has 5 saturated carbocycles. The third kappa shape index (κ3) is 6.19. The standard InChI is InChI=1S/C33H46F2O10S/c1-18(7-10-28(39)45-22-6-4-5-19(13-22)17-44-30(40)33(34,35)46(41,42)43)23-8-9-24-29-25(16-27(38)32(23,24)3)31(2)12-11-21(36)14-20(31)15-26(29)37/h18-20,22-25,29H,4-17H2,1-3H3,(H,41,42,43)/t18-,19?,20?,22?,23-,24?,25?,29?,31+,32-/m1/s1. The molecule has 0 saturated heterocycles. The van der Waals surface area contributed by atoms with E-state index in [0.717, 1.165) is 19.3 Å². The fourth-order valence-corrected chi connectivity index (χ4v) is 10.3. The normalized spacial score (nSPS) is 38.7. The van der Waals surface area contributed by atoms with Gasteiger partial charge < -0.3 is 9.47 Å². The number of halogens is 2. The van der Waals surface area contributed by atoms with Crippen molar-refractivity contribution in [1.82, 2.24) is 0 Å². The van der Waals surface area contributed by atoms with E-state index in [1.165, 1.54) is 0 Å². The number of esters is 2. The molecule has 10 nitrogen and oxygen atoms in total. The zero-order valence-electron chi connectivity index (χ0n) is 26.8. The molecule has 258 valence electrons. The first-order chi connectivity index (χ1) is 21.4. The third-order valence-electron chi connectivity index (χ3n) is 12.8. The van der Waals surface area contributed by atoms with Gasteiger partial charge in [0.05, 0.1) is 6.61 Å². The van der Waals surface area contributed by atoms with Gasteiger partial charge in [0, 0.05) is 43.4 Å². The Kier molecular flexibility index (Phi) is 9.62. The largest absolute Gasteiger partial charge is 0.465 e. The van der Waals surface area contributed by atoms with Crippen LogP contribution in [0.3, 0.4) is 0 Å². The highest BCUT2D eigenvalue weighted by molar-refractivity contribution is 7.87. The Morgan fingerprint density at radius 3 is 2.46 bits per heavy atom. The minimum Gasteiger partial charge on any atom is -0.462 e. The van der Waals surface area contributed by atoms with E-state index in [1.807, 2.05) is 13.8 Å². The summed E-state index contributed by atoms with van der Waals surface area (Å²) in [7, 11) is -5.95. The lowest BCUT2D eigenvalue weighted by atomic mass is 9.44. The third-order valence-corrected chi connectivity index (χ3v) is 13.6. The number of fused-ring (bicyclic) bond motifs is 5. The van der Waals surface area contributed by atoms with E-state index < -0.39 is 51.4 Å². The molecule has 10 atom stereocenters. The van der Waals surface area contributed by atoms with Crippen molar-refractivity contribution < 1.29 is 55.2 Å². The first kappa shape index (κ1) is 35.0. The van der Waals surface area contributed by atoms with E-state index in [9.17, 15) is 41.2 Å². The smallest absolute Gasteiger partial charge is 0.462 e. The molecular formula is C33H46F2O10S. The molecule has 6 unspecified atom stereocenters. The molecule has 0 heterocycles. The Hall–Kier alpha value is -2.28. The van der Waals surface area contributed by atoms with Gasteiger partial charge in [-0.2, -0.15) is 17.2 Å². The van der Waals surface area contributed by atoms with Crippen LogP contribution in [0.15, 0.2) is 0 Å². The number of alkyl halides is 2. The molecule has 0 radical (unpaired) electrons. The minimum atomic E-state index is -5.95. The van der Waals surface area contributed by atoms with Crippen molar-refractivity contribution in [2.24, 2.45) is 52.3 Å². The number of carbonyl (C=O) groups excluding carboxylic acids is 5. The van der Waals surface area contributed by atoms with E-state index in [4.69, 9.17) is 9.29 Å². The predicted molar refractivity (Wildman–Crippen MR) is 159 cm³/mol. The summed E-state index contributed by atoms with van der Waals surface area (Å²) in [6, 6.07) is 0. The lowest BCUT2D eigenvalue weighted by Gasteiger charge is -2.58. The molecule has 0 aromatic carbocycles. The van der Waals surface area contributed by atoms with Crippen LogP contribution >= 0.6 is 0 Å². The Morgan fingerprint density at radius 1 is 1.04 bits per heavy atom. The molecule has 0 amide bonds. The molecule has 5 aliphatic carbocycles. The van der Waals surface area contributed by atoms with Gasteiger partial charge in [-0.1, -0.05) is 20.8 Å². The van der Waals surface area contributed by atoms with Gasteiger partial charge in [-0.15, -0.1) is 0 Å². The second-order valence-corrected chi connectivity index (χ2v) is 16.7. The van der Waals surface area contributed by atoms with Gasteiger partial charge in [0.2, 0.25) is 0 Å². The van der Waals surface area contributed by atoms with Crippen molar-refractivity contribution in [3.8, 4) is 0 Å². The maximum atomic E-state index is 14.0. The maximum Gasteiger partial charge on any atom is 0.465 e. The summed E-state index contributed by atoms with van der Waals surface area (Å²) in [5.41, 5.74) is -0.824. The summed E-state index contributed by atoms with van der Waals surface area (Å²) in [5, 5.41) is -5.06. The Bertz CT molecular complexity index is 1380. The zero-order chi connectivity index (χ0) is 33.8. The van der Waals surface area contributed by atoms with Crippen LogP contribution in [0.2, 0.25) is 0 Å². The Balaban J connectivity index is 1.14. The van der Waals surface area contributed by atoms with Crippen LogP contribution in [0.25, 0.3) is 0 Å². The Morgan fingerprint density at radius 2 is 1.76 bits per heavy atom. The monoisotopic (exact) mass is 672 g/mol. The van der Waals surface area contributed by atoms with Crippen LogP contribution in [0.5, 0.6) is 0 Å². The summed E-state index contributed by atoms with van der Waals surface area (Å²) >= 11 is 0. The van der Waals surface area contributed by atoms with Gasteiger partial charge in [0.15, 0.2) is 0 Å². The Labute approximate surface area is 268 Å². The van der Waals surface area contributed by atoms with Gasteiger partial charge in [-0.25, -0.2) is 4.79 Å². The van der Waals surface area contributed by atoms with Crippen molar-refractivity contribution in [2.45, 2.75) is 116 Å². The second-order valence-electron chi connectivity index (χ2n) is 15.2. The summed E-state index contributed by atoms with van der Waals surface area (Å²) in [4.78, 5) is 64.2. The highest BCUT2D eigenvalue weighted by Crippen LogP contribution is 2.66. The number of hydrogen-bond donors (Lipinski definition) is 1. The molecule has 46 heavy (non-hydrogen) atoms. The molecule has 0 spiro atoms. The highest BCUT2D eigenvalue weighted by atomic mass is 32.2. The number of ketones is 3. The number of ether oxygens (including phenoxy) is 2. The van der Waals surface area contributed by atoms with Gasteiger partial charge in [0.25, 0.3) is 0 Å². The molecule has 0 aromatic heterocycles. The highest BCUT2D eigenvalue weighted by Gasteiger charge is 2.66. The molecule has 5 rings (SSSR count). The average Bonchev–Trinajstić information content (AvgIpc) is 3.34. The van der Waals surface area contributed by atoms with Crippen molar-refractivity contribution in [1.29, 1.82) is 0 Å². The van der Waals surface area contributed by atoms with Gasteiger partial charge in [-0.05, 0) is 92.3 Å². The number of rotatable bonds is 9. The maximum absolute atomic E-state index is 14.0. The molecule has 0 bridgehead atoms. The summed E-state index contributed by atoms with van der Waals surface area (Å²) in [6.45, 7) is 5.77. The average molecular weight is 673 g/mol. The summed E-state index contributed by atoms with van der Waals surface area (Å²) in [5.74, 6) is -2.73. The molecule has 0 aromatic rings. The van der Waals surface area contributed by atoms with E-state index >= 15 is 0 Å². The zero-order valence-corrected chi connectivity index (χ0v) is 27.6. The lowest BCUT2D eigenvalue weighted by molar-refractivity contribution is -0.167. The molecule has 5 fully saturated rings. The van der Waals surface area contributed by atoms with Crippen LogP contribution in [-0.2, 0) is 43.6 Å². The molecule has 0 aliphatic heterocycles. The van der Waals surface area contributed by atoms with Crippen molar-refractivity contribution in [3.05, 3.63) is 0 Å². The van der Waals surface area contributed by atoms with Crippen LogP contribution in [0.1, 0.15) is 104 Å². The topological polar surface area (TPSA) is 158 Å². The molecule has 1 N–H and O–H groups in total. The van der Waals surface area contributed by atoms with Crippen LogP contribution in [0, 0.1) is 52.3 Å². The van der Waals surface area contributed by atoms with Gasteiger partial charge in [-0.3, -0.25) is 23.7 Å². The SMILES string of the molecule is C[C@H](CCC(=O)OC1CCCC(COC(=O)C(F)(F)S(=O)(=O)O)C1)[C@H]1CCC2C3C(=O)CC4CC(=O)CC[C@]4(C)C3CC(=O)[C@@]21C. The number of hydrogen-bond acceptors (Lipinski definition) is 9. The van der Waals surface area contributed by atoms with E-state index in [2.05, 4.69) is 11.7 Å². The van der Waals surface area contributed by atoms with Crippen molar-refractivity contribution in [2.75, 3.05) is 6.61 Å². The quantitative estimate of drug-likeness (QED) is 0.258.